The third-order valence-electron chi connectivity index (χ3n) is 5.72. The molecule has 1 aliphatic carbocycles. The van der Waals surface area contributed by atoms with Gasteiger partial charge in [0.15, 0.2) is 11.3 Å². The van der Waals surface area contributed by atoms with Gasteiger partial charge in [-0.25, -0.2) is 9.50 Å². The van der Waals surface area contributed by atoms with Crippen LogP contribution in [0.25, 0.3) is 5.65 Å². The van der Waals surface area contributed by atoms with E-state index in [9.17, 15) is 18.0 Å². The summed E-state index contributed by atoms with van der Waals surface area (Å²) < 4.78 is 41.6. The van der Waals surface area contributed by atoms with Crippen LogP contribution in [-0.2, 0) is 6.18 Å². The summed E-state index contributed by atoms with van der Waals surface area (Å²) in [5, 5.41) is 4.61. The van der Waals surface area contributed by atoms with Gasteiger partial charge >= 0.3 is 6.18 Å². The molecule has 1 aliphatic heterocycles. The van der Waals surface area contributed by atoms with Crippen molar-refractivity contribution in [3.8, 4) is 0 Å². The van der Waals surface area contributed by atoms with Gasteiger partial charge in [0, 0.05) is 29.2 Å². The largest absolute Gasteiger partial charge is 0.433 e. The fraction of sp³-hybridized carbons (Fsp3) is 0.381. The van der Waals surface area contributed by atoms with E-state index in [-0.39, 0.29) is 29.2 Å². The lowest BCUT2D eigenvalue weighted by molar-refractivity contribution is -0.142. The van der Waals surface area contributed by atoms with Crippen LogP contribution in [0.2, 0.25) is 5.02 Å². The minimum Gasteiger partial charge on any atom is -0.330 e. The highest BCUT2D eigenvalue weighted by Crippen LogP contribution is 2.41. The number of carbonyl (C=O) groups excluding carboxylic acids is 1. The first kappa shape index (κ1) is 19.4. The Bertz CT molecular complexity index is 1120. The van der Waals surface area contributed by atoms with Crippen LogP contribution in [0.5, 0.6) is 0 Å². The van der Waals surface area contributed by atoms with Gasteiger partial charge in [0.1, 0.15) is 5.69 Å². The first-order valence-electron chi connectivity index (χ1n) is 9.85. The maximum Gasteiger partial charge on any atom is 0.433 e. The molecule has 2 aromatic heterocycles. The zero-order valence-electron chi connectivity index (χ0n) is 15.9. The van der Waals surface area contributed by atoms with Crippen LogP contribution in [-0.4, -0.2) is 31.9 Å². The van der Waals surface area contributed by atoms with Crippen LogP contribution in [0.4, 0.5) is 13.2 Å². The molecule has 2 fully saturated rings. The number of rotatable bonds is 3. The van der Waals surface area contributed by atoms with Gasteiger partial charge in [-0.1, -0.05) is 23.7 Å². The van der Waals surface area contributed by atoms with E-state index in [4.69, 9.17) is 11.6 Å². The summed E-state index contributed by atoms with van der Waals surface area (Å²) in [7, 11) is 0. The lowest BCUT2D eigenvalue weighted by atomic mass is 10.0. The first-order valence-corrected chi connectivity index (χ1v) is 10.2. The minimum atomic E-state index is -4.59. The third kappa shape index (κ3) is 3.43. The van der Waals surface area contributed by atoms with E-state index in [0.29, 0.717) is 17.3 Å². The van der Waals surface area contributed by atoms with Crippen molar-refractivity contribution in [2.24, 2.45) is 0 Å². The predicted molar refractivity (Wildman–Crippen MR) is 104 cm³/mol. The zero-order valence-corrected chi connectivity index (χ0v) is 16.6. The van der Waals surface area contributed by atoms with Gasteiger partial charge in [-0.05, 0) is 49.4 Å². The second kappa shape index (κ2) is 6.97. The Kier molecular flexibility index (Phi) is 4.50. The highest BCUT2D eigenvalue weighted by atomic mass is 35.5. The Labute approximate surface area is 175 Å². The maximum atomic E-state index is 13.6. The molecule has 5 rings (SSSR count). The summed E-state index contributed by atoms with van der Waals surface area (Å²) in [6.07, 6.45) is -1.34. The van der Waals surface area contributed by atoms with Gasteiger partial charge in [-0.3, -0.25) is 4.79 Å². The van der Waals surface area contributed by atoms with Crippen LogP contribution in [0, 0.1) is 0 Å². The number of amides is 1. The number of nitrogens with zero attached hydrogens (tertiary/aromatic N) is 4. The third-order valence-corrected chi connectivity index (χ3v) is 5.97. The van der Waals surface area contributed by atoms with Crippen LogP contribution in [0.15, 0.2) is 36.4 Å². The maximum absolute atomic E-state index is 13.6. The molecule has 1 saturated carbocycles. The highest BCUT2D eigenvalue weighted by molar-refractivity contribution is 6.30. The summed E-state index contributed by atoms with van der Waals surface area (Å²) in [6.45, 7) is 0.521. The zero-order chi connectivity index (χ0) is 21.0. The van der Waals surface area contributed by atoms with E-state index >= 15 is 0 Å². The van der Waals surface area contributed by atoms with Crippen LogP contribution >= 0.6 is 11.6 Å². The molecule has 0 bridgehead atoms. The van der Waals surface area contributed by atoms with E-state index in [2.05, 4.69) is 10.1 Å². The van der Waals surface area contributed by atoms with Crippen molar-refractivity contribution in [3.63, 3.8) is 0 Å². The van der Waals surface area contributed by atoms with Crippen molar-refractivity contribution < 1.29 is 18.0 Å². The number of aromatic nitrogens is 3. The molecule has 1 amide bonds. The second-order valence-electron chi connectivity index (χ2n) is 7.85. The topological polar surface area (TPSA) is 50.5 Å². The number of carbonyl (C=O) groups is 1. The molecule has 156 valence electrons. The predicted octanol–water partition coefficient (Wildman–Crippen LogP) is 5.26. The standard InChI is InChI=1S/C21H18ClF3N4O/c22-14-7-5-13(6-8-14)17-2-1-9-28(17)20(30)16-11-19-26-15(12-3-4-12)10-18(21(23,24)25)29(19)27-16/h5-8,10-12,17H,1-4,9H2/t17-/m0/s1. The van der Waals surface area contributed by atoms with Gasteiger partial charge in [0.05, 0.1) is 6.04 Å². The van der Waals surface area contributed by atoms with Crippen LogP contribution in [0.3, 0.4) is 0 Å². The number of halogens is 4. The summed E-state index contributed by atoms with van der Waals surface area (Å²) in [5.74, 6) is -0.336. The van der Waals surface area contributed by atoms with Crippen molar-refractivity contribution in [3.05, 3.63) is 64.1 Å². The normalized spacial score (nSPS) is 19.6. The molecule has 0 N–H and O–H groups in total. The fourth-order valence-corrected chi connectivity index (χ4v) is 4.20. The molecule has 5 nitrogen and oxygen atoms in total. The SMILES string of the molecule is O=C(c1cc2nc(C3CC3)cc(C(F)(F)F)n2n1)N1CCC[C@H]1c1ccc(Cl)cc1. The molecule has 0 unspecified atom stereocenters. The Hall–Kier alpha value is -2.61. The summed E-state index contributed by atoms with van der Waals surface area (Å²) in [5.41, 5.74) is 0.483. The Morgan fingerprint density at radius 3 is 2.50 bits per heavy atom. The lowest BCUT2D eigenvalue weighted by Gasteiger charge is -2.24. The molecule has 3 aromatic rings. The molecule has 0 radical (unpaired) electrons. The number of likely N-dealkylation sites (tertiary alicyclic amines) is 1. The van der Waals surface area contributed by atoms with Crippen LogP contribution < -0.4 is 0 Å². The molecule has 2 aliphatic rings. The summed E-state index contributed by atoms with van der Waals surface area (Å²) >= 11 is 5.96. The van der Waals surface area contributed by atoms with Crippen LogP contribution in [0.1, 0.15) is 65.1 Å². The van der Waals surface area contributed by atoms with Gasteiger partial charge in [-0.15, -0.1) is 0 Å². The van der Waals surface area contributed by atoms with Crippen molar-refractivity contribution in [1.82, 2.24) is 19.5 Å². The van der Waals surface area contributed by atoms with Crippen molar-refractivity contribution in [1.29, 1.82) is 0 Å². The monoisotopic (exact) mass is 434 g/mol. The molecule has 1 atom stereocenters. The summed E-state index contributed by atoms with van der Waals surface area (Å²) in [4.78, 5) is 19.2. The van der Waals surface area contributed by atoms with Crippen molar-refractivity contribution in [2.75, 3.05) is 6.54 Å². The van der Waals surface area contributed by atoms with E-state index in [1.54, 1.807) is 17.0 Å². The van der Waals surface area contributed by atoms with Gasteiger partial charge in [0.25, 0.3) is 5.91 Å². The van der Waals surface area contributed by atoms with Crippen molar-refractivity contribution >= 4 is 23.2 Å². The fourth-order valence-electron chi connectivity index (χ4n) is 4.08. The Balaban J connectivity index is 1.52. The molecule has 30 heavy (non-hydrogen) atoms. The van der Waals surface area contributed by atoms with E-state index in [1.165, 1.54) is 6.07 Å². The molecular formula is C21H18ClF3N4O. The van der Waals surface area contributed by atoms with Gasteiger partial charge in [-0.2, -0.15) is 18.3 Å². The molecule has 0 spiro atoms. The average molecular weight is 435 g/mol. The quantitative estimate of drug-likeness (QED) is 0.565. The molecule has 1 aromatic carbocycles. The number of alkyl halides is 3. The summed E-state index contributed by atoms with van der Waals surface area (Å²) in [6, 6.07) is 9.53. The van der Waals surface area contributed by atoms with E-state index < -0.39 is 11.9 Å². The smallest absolute Gasteiger partial charge is 0.330 e. The average Bonchev–Trinajstić information content (AvgIpc) is 3.28. The number of hydrogen-bond donors (Lipinski definition) is 0. The van der Waals surface area contributed by atoms with Gasteiger partial charge < -0.3 is 4.90 Å². The molecule has 3 heterocycles. The molecular weight excluding hydrogens is 417 g/mol. The number of hydrogen-bond acceptors (Lipinski definition) is 3. The lowest BCUT2D eigenvalue weighted by Crippen LogP contribution is -2.31. The Morgan fingerprint density at radius 1 is 1.10 bits per heavy atom. The van der Waals surface area contributed by atoms with E-state index in [0.717, 1.165) is 41.8 Å². The number of fused-ring (bicyclic) bond motifs is 1. The Morgan fingerprint density at radius 2 is 1.83 bits per heavy atom. The second-order valence-corrected chi connectivity index (χ2v) is 8.28. The van der Waals surface area contributed by atoms with E-state index in [1.807, 2.05) is 12.1 Å². The van der Waals surface area contributed by atoms with Crippen molar-refractivity contribution in [2.45, 2.75) is 43.8 Å². The minimum absolute atomic E-state index is 0.0261. The number of benzene rings is 1. The highest BCUT2D eigenvalue weighted by Gasteiger charge is 2.38. The first-order chi connectivity index (χ1) is 14.3. The van der Waals surface area contributed by atoms with Gasteiger partial charge in [0.2, 0.25) is 0 Å². The molecule has 1 saturated heterocycles. The molecule has 9 heteroatoms.